The highest BCUT2D eigenvalue weighted by Gasteiger charge is 2.10. The van der Waals surface area contributed by atoms with Crippen molar-refractivity contribution in [1.29, 1.82) is 0 Å². The number of halogens is 1. The van der Waals surface area contributed by atoms with E-state index in [-0.39, 0.29) is 0 Å². The third kappa shape index (κ3) is 5.80. The maximum atomic E-state index is 6.06. The second-order valence-corrected chi connectivity index (χ2v) is 5.62. The topological polar surface area (TPSA) is 12.0 Å². The van der Waals surface area contributed by atoms with Crippen LogP contribution < -0.4 is 5.32 Å². The highest BCUT2D eigenvalue weighted by molar-refractivity contribution is 7.98. The first kappa shape index (κ1) is 14.9. The van der Waals surface area contributed by atoms with Gasteiger partial charge in [0.25, 0.3) is 0 Å². The van der Waals surface area contributed by atoms with Crippen LogP contribution >= 0.6 is 23.4 Å². The van der Waals surface area contributed by atoms with Gasteiger partial charge in [0.15, 0.2) is 0 Å². The van der Waals surface area contributed by atoms with Crippen molar-refractivity contribution in [3.8, 4) is 0 Å². The van der Waals surface area contributed by atoms with Crippen LogP contribution in [0.4, 0.5) is 0 Å². The molecule has 96 valence electrons. The normalized spacial score (nSPS) is 12.6. The van der Waals surface area contributed by atoms with Gasteiger partial charge in [-0.25, -0.2) is 0 Å². The van der Waals surface area contributed by atoms with Crippen molar-refractivity contribution >= 4 is 23.4 Å². The highest BCUT2D eigenvalue weighted by Crippen LogP contribution is 2.24. The van der Waals surface area contributed by atoms with Crippen LogP contribution in [0.2, 0.25) is 5.02 Å². The maximum absolute atomic E-state index is 6.06. The van der Waals surface area contributed by atoms with Gasteiger partial charge in [0.1, 0.15) is 0 Å². The molecule has 3 heteroatoms. The summed E-state index contributed by atoms with van der Waals surface area (Å²) in [5, 5.41) is 4.28. The fourth-order valence-electron chi connectivity index (χ4n) is 1.94. The van der Waals surface area contributed by atoms with Crippen molar-refractivity contribution in [2.24, 2.45) is 0 Å². The first-order valence-corrected chi connectivity index (χ1v) is 8.00. The molecule has 1 N–H and O–H groups in total. The minimum Gasteiger partial charge on any atom is -0.316 e. The number of thioether (sulfide) groups is 1. The standard InChI is InChI=1S/C14H22ClNS/c1-3-16-11-13(7-5-9-17-2)12-6-4-8-14(15)10-12/h4,6,8,10,13,16H,3,5,7,9,11H2,1-2H3. The summed E-state index contributed by atoms with van der Waals surface area (Å²) in [5.41, 5.74) is 1.36. The first-order valence-electron chi connectivity index (χ1n) is 6.23. The molecule has 0 amide bonds. The molecule has 0 bridgehead atoms. The third-order valence-corrected chi connectivity index (χ3v) is 3.79. The Hall–Kier alpha value is -0.180. The monoisotopic (exact) mass is 271 g/mol. The van der Waals surface area contributed by atoms with Crippen molar-refractivity contribution in [3.05, 3.63) is 34.9 Å². The van der Waals surface area contributed by atoms with Crippen molar-refractivity contribution in [2.75, 3.05) is 25.1 Å². The van der Waals surface area contributed by atoms with E-state index in [2.05, 4.69) is 30.6 Å². The van der Waals surface area contributed by atoms with Crippen LogP contribution in [0.5, 0.6) is 0 Å². The van der Waals surface area contributed by atoms with E-state index in [1.807, 2.05) is 23.9 Å². The van der Waals surface area contributed by atoms with Gasteiger partial charge >= 0.3 is 0 Å². The van der Waals surface area contributed by atoms with Gasteiger partial charge in [0.2, 0.25) is 0 Å². The van der Waals surface area contributed by atoms with E-state index in [1.165, 1.54) is 24.2 Å². The Morgan fingerprint density at radius 2 is 2.24 bits per heavy atom. The van der Waals surface area contributed by atoms with Gasteiger partial charge in [-0.3, -0.25) is 0 Å². The zero-order valence-corrected chi connectivity index (χ0v) is 12.3. The molecule has 0 fully saturated rings. The van der Waals surface area contributed by atoms with E-state index in [0.29, 0.717) is 5.92 Å². The number of hydrogen-bond acceptors (Lipinski definition) is 2. The molecular weight excluding hydrogens is 250 g/mol. The number of benzene rings is 1. The minimum atomic E-state index is 0.584. The maximum Gasteiger partial charge on any atom is 0.0408 e. The molecule has 1 aromatic rings. The number of likely N-dealkylation sites (N-methyl/N-ethyl adjacent to an activating group) is 1. The molecule has 0 aliphatic heterocycles. The third-order valence-electron chi connectivity index (χ3n) is 2.86. The summed E-state index contributed by atoms with van der Waals surface area (Å²) in [7, 11) is 0. The van der Waals surface area contributed by atoms with E-state index in [4.69, 9.17) is 11.6 Å². The van der Waals surface area contributed by atoms with Crippen molar-refractivity contribution in [1.82, 2.24) is 5.32 Å². The molecule has 0 aliphatic rings. The molecule has 0 saturated heterocycles. The largest absolute Gasteiger partial charge is 0.316 e. The van der Waals surface area contributed by atoms with Gasteiger partial charge in [-0.2, -0.15) is 11.8 Å². The average Bonchev–Trinajstić information content (AvgIpc) is 2.33. The summed E-state index contributed by atoms with van der Waals surface area (Å²) < 4.78 is 0. The summed E-state index contributed by atoms with van der Waals surface area (Å²) in [6.45, 7) is 4.22. The van der Waals surface area contributed by atoms with Crippen LogP contribution in [0.3, 0.4) is 0 Å². The molecule has 1 rings (SSSR count). The Morgan fingerprint density at radius 1 is 1.41 bits per heavy atom. The van der Waals surface area contributed by atoms with Crippen LogP contribution in [-0.4, -0.2) is 25.1 Å². The van der Waals surface area contributed by atoms with E-state index in [1.54, 1.807) is 0 Å². The van der Waals surface area contributed by atoms with Crippen LogP contribution in [0.25, 0.3) is 0 Å². The van der Waals surface area contributed by atoms with E-state index < -0.39 is 0 Å². The quantitative estimate of drug-likeness (QED) is 0.712. The lowest BCUT2D eigenvalue weighted by Gasteiger charge is -2.18. The minimum absolute atomic E-state index is 0.584. The van der Waals surface area contributed by atoms with Crippen LogP contribution in [0.1, 0.15) is 31.2 Å². The van der Waals surface area contributed by atoms with Crippen molar-refractivity contribution in [3.63, 3.8) is 0 Å². The van der Waals surface area contributed by atoms with E-state index in [9.17, 15) is 0 Å². The molecule has 0 heterocycles. The fourth-order valence-corrected chi connectivity index (χ4v) is 2.59. The van der Waals surface area contributed by atoms with Crippen LogP contribution in [0.15, 0.2) is 24.3 Å². The lowest BCUT2D eigenvalue weighted by Crippen LogP contribution is -2.21. The molecule has 0 spiro atoms. The second-order valence-electron chi connectivity index (χ2n) is 4.19. The van der Waals surface area contributed by atoms with Gasteiger partial charge in [-0.15, -0.1) is 0 Å². The van der Waals surface area contributed by atoms with Crippen LogP contribution in [0, 0.1) is 0 Å². The Bertz CT molecular complexity index is 317. The zero-order chi connectivity index (χ0) is 12.5. The SMILES string of the molecule is CCNCC(CCCSC)c1cccc(Cl)c1. The van der Waals surface area contributed by atoms with E-state index >= 15 is 0 Å². The van der Waals surface area contributed by atoms with Gasteiger partial charge in [-0.05, 0) is 55.0 Å². The fraction of sp³-hybridized carbons (Fsp3) is 0.571. The summed E-state index contributed by atoms with van der Waals surface area (Å²) in [6.07, 6.45) is 4.66. The Morgan fingerprint density at radius 3 is 2.88 bits per heavy atom. The van der Waals surface area contributed by atoms with Gasteiger partial charge in [0, 0.05) is 11.6 Å². The van der Waals surface area contributed by atoms with Gasteiger partial charge < -0.3 is 5.32 Å². The zero-order valence-electron chi connectivity index (χ0n) is 10.7. The molecule has 0 aliphatic carbocycles. The lowest BCUT2D eigenvalue weighted by atomic mass is 9.94. The average molecular weight is 272 g/mol. The number of hydrogen-bond donors (Lipinski definition) is 1. The predicted octanol–water partition coefficient (Wildman–Crippen LogP) is 4.18. The van der Waals surface area contributed by atoms with Crippen molar-refractivity contribution < 1.29 is 0 Å². The molecule has 1 nitrogen and oxygen atoms in total. The lowest BCUT2D eigenvalue weighted by molar-refractivity contribution is 0.557. The molecule has 1 aromatic carbocycles. The number of rotatable bonds is 8. The molecule has 0 saturated carbocycles. The summed E-state index contributed by atoms with van der Waals surface area (Å²) in [5.74, 6) is 1.82. The molecule has 17 heavy (non-hydrogen) atoms. The van der Waals surface area contributed by atoms with Gasteiger partial charge in [-0.1, -0.05) is 30.7 Å². The van der Waals surface area contributed by atoms with Crippen LogP contribution in [-0.2, 0) is 0 Å². The molecule has 1 unspecified atom stereocenters. The molecule has 0 radical (unpaired) electrons. The Labute approximate surface area is 114 Å². The van der Waals surface area contributed by atoms with Gasteiger partial charge in [0.05, 0.1) is 0 Å². The Kier molecular flexibility index (Phi) is 7.74. The molecular formula is C14H22ClNS. The smallest absolute Gasteiger partial charge is 0.0408 e. The molecule has 1 atom stereocenters. The first-order chi connectivity index (χ1) is 8.27. The number of nitrogens with one attached hydrogen (secondary N) is 1. The summed E-state index contributed by atoms with van der Waals surface area (Å²) >= 11 is 7.98. The summed E-state index contributed by atoms with van der Waals surface area (Å²) in [4.78, 5) is 0. The Balaban J connectivity index is 2.60. The second kappa shape index (κ2) is 8.84. The molecule has 0 aromatic heterocycles. The summed E-state index contributed by atoms with van der Waals surface area (Å²) in [6, 6.07) is 8.28. The highest BCUT2D eigenvalue weighted by atomic mass is 35.5. The van der Waals surface area contributed by atoms with Crippen molar-refractivity contribution in [2.45, 2.75) is 25.7 Å². The predicted molar refractivity (Wildman–Crippen MR) is 80.4 cm³/mol. The van der Waals surface area contributed by atoms with E-state index in [0.717, 1.165) is 18.1 Å².